The highest BCUT2D eigenvalue weighted by Crippen LogP contribution is 2.19. The van der Waals surface area contributed by atoms with Gasteiger partial charge in [0, 0.05) is 32.3 Å². The highest BCUT2D eigenvalue weighted by molar-refractivity contribution is 5.88. The van der Waals surface area contributed by atoms with Crippen LogP contribution in [0.2, 0.25) is 0 Å². The third-order valence-electron chi connectivity index (χ3n) is 4.41. The van der Waals surface area contributed by atoms with Crippen molar-refractivity contribution >= 4 is 5.97 Å². The fraction of sp³-hybridized carbons (Fsp3) is 0.368. The first-order chi connectivity index (χ1) is 11.7. The quantitative estimate of drug-likeness (QED) is 0.794. The summed E-state index contributed by atoms with van der Waals surface area (Å²) in [4.78, 5) is 14.6. The number of hydrogen-bond acceptors (Lipinski definition) is 4. The lowest BCUT2D eigenvalue weighted by molar-refractivity contribution is 0.0432. The van der Waals surface area contributed by atoms with E-state index < -0.39 is 0 Å². The molecule has 0 bridgehead atoms. The van der Waals surface area contributed by atoms with E-state index in [4.69, 9.17) is 10.00 Å². The van der Waals surface area contributed by atoms with Crippen molar-refractivity contribution in [2.24, 2.45) is 13.0 Å². The van der Waals surface area contributed by atoms with Crippen molar-refractivity contribution in [3.63, 3.8) is 0 Å². The number of hydrogen-bond donors (Lipinski definition) is 0. The van der Waals surface area contributed by atoms with Crippen molar-refractivity contribution < 1.29 is 9.53 Å². The predicted molar refractivity (Wildman–Crippen MR) is 90.2 cm³/mol. The molecule has 0 N–H and O–H groups in total. The number of rotatable bonds is 5. The number of ether oxygens (including phenoxy) is 1. The number of esters is 1. The number of benzene rings is 1. The molecule has 2 heterocycles. The summed E-state index contributed by atoms with van der Waals surface area (Å²) in [6.07, 6.45) is 2.67. The van der Waals surface area contributed by atoms with E-state index in [-0.39, 0.29) is 5.97 Å². The van der Waals surface area contributed by atoms with Crippen LogP contribution in [0, 0.1) is 17.2 Å². The summed E-state index contributed by atoms with van der Waals surface area (Å²) >= 11 is 0. The van der Waals surface area contributed by atoms with Crippen molar-refractivity contribution in [1.29, 1.82) is 5.26 Å². The van der Waals surface area contributed by atoms with E-state index in [0.29, 0.717) is 23.8 Å². The smallest absolute Gasteiger partial charge is 0.354 e. The summed E-state index contributed by atoms with van der Waals surface area (Å²) in [6.45, 7) is 3.34. The number of nitriles is 1. The van der Waals surface area contributed by atoms with E-state index in [0.717, 1.165) is 26.1 Å². The van der Waals surface area contributed by atoms with Gasteiger partial charge in [0.2, 0.25) is 0 Å². The van der Waals surface area contributed by atoms with Crippen LogP contribution in [0.1, 0.15) is 28.0 Å². The van der Waals surface area contributed by atoms with Gasteiger partial charge in [0.05, 0.1) is 12.2 Å². The Morgan fingerprint density at radius 2 is 2.17 bits per heavy atom. The van der Waals surface area contributed by atoms with Crippen LogP contribution >= 0.6 is 0 Å². The van der Waals surface area contributed by atoms with Gasteiger partial charge in [-0.15, -0.1) is 0 Å². The molecule has 1 fully saturated rings. The lowest BCUT2D eigenvalue weighted by atomic mass is 10.1. The maximum absolute atomic E-state index is 12.2. The average molecular weight is 323 g/mol. The second-order valence-electron chi connectivity index (χ2n) is 6.31. The van der Waals surface area contributed by atoms with Crippen LogP contribution in [-0.2, 0) is 18.3 Å². The minimum absolute atomic E-state index is 0.361. The minimum Gasteiger partial charge on any atom is -0.461 e. The molecule has 0 radical (unpaired) electrons. The molecule has 0 unspecified atom stereocenters. The van der Waals surface area contributed by atoms with Gasteiger partial charge in [-0.2, -0.15) is 5.26 Å². The molecule has 1 aromatic heterocycles. The molecule has 0 saturated carbocycles. The number of carbonyl (C=O) groups excluding carboxylic acids is 1. The van der Waals surface area contributed by atoms with Gasteiger partial charge in [-0.05, 0) is 24.6 Å². The van der Waals surface area contributed by atoms with Gasteiger partial charge in [-0.25, -0.2) is 4.79 Å². The first kappa shape index (κ1) is 16.3. The Balaban J connectivity index is 1.48. The second kappa shape index (κ2) is 7.33. The van der Waals surface area contributed by atoms with Gasteiger partial charge in [0.1, 0.15) is 11.8 Å². The van der Waals surface area contributed by atoms with Gasteiger partial charge >= 0.3 is 5.97 Å². The average Bonchev–Trinajstić information content (AvgIpc) is 3.20. The fourth-order valence-corrected chi connectivity index (χ4v) is 3.13. The van der Waals surface area contributed by atoms with Crippen LogP contribution in [0.25, 0.3) is 0 Å². The van der Waals surface area contributed by atoms with Crippen LogP contribution < -0.4 is 0 Å². The second-order valence-corrected chi connectivity index (χ2v) is 6.31. The lowest BCUT2D eigenvalue weighted by Gasteiger charge is -2.16. The summed E-state index contributed by atoms with van der Waals surface area (Å²) in [6, 6.07) is 14.0. The van der Waals surface area contributed by atoms with Crippen molar-refractivity contribution in [1.82, 2.24) is 9.47 Å². The molecule has 3 rings (SSSR count). The van der Waals surface area contributed by atoms with Crippen LogP contribution in [-0.4, -0.2) is 35.1 Å². The summed E-state index contributed by atoms with van der Waals surface area (Å²) in [7, 11) is 1.74. The van der Waals surface area contributed by atoms with Gasteiger partial charge in [-0.1, -0.05) is 30.3 Å². The molecule has 0 spiro atoms. The lowest BCUT2D eigenvalue weighted by Crippen LogP contribution is -2.22. The normalized spacial score (nSPS) is 17.6. The minimum atomic E-state index is -0.361. The van der Waals surface area contributed by atoms with E-state index in [2.05, 4.69) is 29.2 Å². The molecular weight excluding hydrogens is 302 g/mol. The zero-order chi connectivity index (χ0) is 16.9. The predicted octanol–water partition coefficient (Wildman–Crippen LogP) is 2.58. The molecule has 5 heteroatoms. The Bertz CT molecular complexity index is 746. The van der Waals surface area contributed by atoms with Gasteiger partial charge < -0.3 is 9.30 Å². The van der Waals surface area contributed by atoms with E-state index >= 15 is 0 Å². The Morgan fingerprint density at radius 1 is 1.38 bits per heavy atom. The molecule has 2 aromatic rings. The molecule has 1 atom stereocenters. The third kappa shape index (κ3) is 3.84. The molecular formula is C19H21N3O2. The van der Waals surface area contributed by atoms with E-state index in [1.807, 2.05) is 12.1 Å². The molecule has 1 aromatic carbocycles. The summed E-state index contributed by atoms with van der Waals surface area (Å²) in [5, 5.41) is 8.89. The van der Waals surface area contributed by atoms with Crippen LogP contribution in [0.3, 0.4) is 0 Å². The Hall–Kier alpha value is -2.58. The molecule has 1 aliphatic rings. The molecule has 124 valence electrons. The third-order valence-corrected chi connectivity index (χ3v) is 4.41. The van der Waals surface area contributed by atoms with Crippen molar-refractivity contribution in [3.05, 3.63) is 59.4 Å². The standard InChI is InChI=1S/C19H21N3O2/c1-21-11-17(10-20)9-18(21)19(23)24-14-16-7-8-22(13-16)12-15-5-3-2-4-6-15/h2-6,9,11,16H,7-8,12-14H2,1H3/t16-/m1/s1. The Labute approximate surface area is 142 Å². The summed E-state index contributed by atoms with van der Waals surface area (Å²) in [5.74, 6) is 0.00822. The zero-order valence-electron chi connectivity index (χ0n) is 13.8. The highest BCUT2D eigenvalue weighted by Gasteiger charge is 2.24. The molecule has 24 heavy (non-hydrogen) atoms. The molecule has 1 aliphatic heterocycles. The monoisotopic (exact) mass is 323 g/mol. The maximum atomic E-state index is 12.2. The van der Waals surface area contributed by atoms with Gasteiger partial charge in [-0.3, -0.25) is 4.90 Å². The van der Waals surface area contributed by atoms with Crippen molar-refractivity contribution in [2.45, 2.75) is 13.0 Å². The number of aromatic nitrogens is 1. The van der Waals surface area contributed by atoms with Crippen LogP contribution in [0.4, 0.5) is 0 Å². The van der Waals surface area contributed by atoms with E-state index in [1.54, 1.807) is 23.9 Å². The Kier molecular flexibility index (Phi) is 4.97. The maximum Gasteiger partial charge on any atom is 0.354 e. The number of aryl methyl sites for hydroxylation is 1. The summed E-state index contributed by atoms with van der Waals surface area (Å²) < 4.78 is 7.09. The molecule has 5 nitrogen and oxygen atoms in total. The Morgan fingerprint density at radius 3 is 2.88 bits per heavy atom. The highest BCUT2D eigenvalue weighted by atomic mass is 16.5. The SMILES string of the molecule is Cn1cc(C#N)cc1C(=O)OC[C@@H]1CCN(Cc2ccccc2)C1. The number of likely N-dealkylation sites (tertiary alicyclic amines) is 1. The van der Waals surface area contributed by atoms with Gasteiger partial charge in [0.15, 0.2) is 0 Å². The van der Waals surface area contributed by atoms with Crippen LogP contribution in [0.15, 0.2) is 42.6 Å². The fourth-order valence-electron chi connectivity index (χ4n) is 3.13. The largest absolute Gasteiger partial charge is 0.461 e. The topological polar surface area (TPSA) is 58.3 Å². The first-order valence-electron chi connectivity index (χ1n) is 8.15. The molecule has 1 saturated heterocycles. The van der Waals surface area contributed by atoms with Crippen molar-refractivity contribution in [2.75, 3.05) is 19.7 Å². The van der Waals surface area contributed by atoms with E-state index in [1.165, 1.54) is 5.56 Å². The van der Waals surface area contributed by atoms with Crippen molar-refractivity contribution in [3.8, 4) is 6.07 Å². The van der Waals surface area contributed by atoms with E-state index in [9.17, 15) is 4.79 Å². The summed E-state index contributed by atoms with van der Waals surface area (Å²) in [5.41, 5.74) is 2.20. The first-order valence-corrected chi connectivity index (χ1v) is 8.15. The zero-order valence-corrected chi connectivity index (χ0v) is 13.8. The molecule has 0 amide bonds. The van der Waals surface area contributed by atoms with Crippen LogP contribution in [0.5, 0.6) is 0 Å². The van der Waals surface area contributed by atoms with Gasteiger partial charge in [0.25, 0.3) is 0 Å². The number of carbonyl (C=O) groups is 1. The number of nitrogens with zero attached hydrogens (tertiary/aromatic N) is 3. The molecule has 0 aliphatic carbocycles.